The van der Waals surface area contributed by atoms with Crippen molar-refractivity contribution in [2.24, 2.45) is 5.10 Å². The van der Waals surface area contributed by atoms with Gasteiger partial charge in [0, 0.05) is 12.1 Å². The van der Waals surface area contributed by atoms with Crippen LogP contribution in [0.25, 0.3) is 0 Å². The van der Waals surface area contributed by atoms with Crippen LogP contribution in [0.15, 0.2) is 35.4 Å². The standard InChI is InChI=1S/C10H12N2/c1-8-10(7-11-12-8)9-5-3-2-4-6-9/h2-8,10,12H,1H3. The van der Waals surface area contributed by atoms with E-state index in [-0.39, 0.29) is 0 Å². The lowest BCUT2D eigenvalue weighted by atomic mass is 9.95. The Morgan fingerprint density at radius 3 is 2.58 bits per heavy atom. The van der Waals surface area contributed by atoms with Crippen LogP contribution < -0.4 is 5.43 Å². The van der Waals surface area contributed by atoms with Crippen LogP contribution in [-0.4, -0.2) is 12.3 Å². The van der Waals surface area contributed by atoms with Gasteiger partial charge in [0.2, 0.25) is 0 Å². The monoisotopic (exact) mass is 160 g/mol. The summed E-state index contributed by atoms with van der Waals surface area (Å²) in [5.74, 6) is 0.436. The van der Waals surface area contributed by atoms with Crippen molar-refractivity contribution in [3.8, 4) is 0 Å². The smallest absolute Gasteiger partial charge is 0.0530 e. The first-order valence-electron chi connectivity index (χ1n) is 4.21. The third-order valence-electron chi connectivity index (χ3n) is 2.24. The summed E-state index contributed by atoms with van der Waals surface area (Å²) >= 11 is 0. The summed E-state index contributed by atoms with van der Waals surface area (Å²) in [5, 5.41) is 4.05. The van der Waals surface area contributed by atoms with Crippen molar-refractivity contribution < 1.29 is 0 Å². The normalized spacial score (nSPS) is 27.1. The Morgan fingerprint density at radius 1 is 1.25 bits per heavy atom. The Labute approximate surface area is 72.3 Å². The average Bonchev–Trinajstić information content (AvgIpc) is 2.53. The fourth-order valence-electron chi connectivity index (χ4n) is 1.50. The fourth-order valence-corrected chi connectivity index (χ4v) is 1.50. The van der Waals surface area contributed by atoms with Crippen molar-refractivity contribution in [1.82, 2.24) is 5.43 Å². The van der Waals surface area contributed by atoms with Gasteiger partial charge in [0.05, 0.1) is 6.04 Å². The molecule has 2 nitrogen and oxygen atoms in total. The lowest BCUT2D eigenvalue weighted by Gasteiger charge is -2.12. The molecule has 0 fully saturated rings. The Bertz CT molecular complexity index is 279. The Balaban J connectivity index is 2.25. The molecule has 1 heterocycles. The van der Waals surface area contributed by atoms with E-state index in [9.17, 15) is 0 Å². The molecule has 2 atom stereocenters. The molecule has 0 amide bonds. The molecule has 0 radical (unpaired) electrons. The zero-order chi connectivity index (χ0) is 8.39. The van der Waals surface area contributed by atoms with Crippen LogP contribution in [0.5, 0.6) is 0 Å². The highest BCUT2D eigenvalue weighted by Gasteiger charge is 2.20. The molecule has 12 heavy (non-hydrogen) atoms. The number of rotatable bonds is 1. The predicted molar refractivity (Wildman–Crippen MR) is 50.3 cm³/mol. The van der Waals surface area contributed by atoms with E-state index in [4.69, 9.17) is 0 Å². The Morgan fingerprint density at radius 2 is 2.00 bits per heavy atom. The molecule has 62 valence electrons. The van der Waals surface area contributed by atoms with Gasteiger partial charge in [-0.05, 0) is 12.5 Å². The molecule has 1 aromatic carbocycles. The SMILES string of the molecule is CC1NN=CC1c1ccccc1. The highest BCUT2D eigenvalue weighted by atomic mass is 15.3. The maximum absolute atomic E-state index is 4.05. The first kappa shape index (κ1) is 7.35. The molecule has 2 rings (SSSR count). The van der Waals surface area contributed by atoms with E-state index >= 15 is 0 Å². The summed E-state index contributed by atoms with van der Waals surface area (Å²) in [5.41, 5.74) is 4.37. The van der Waals surface area contributed by atoms with Crippen molar-refractivity contribution >= 4 is 6.21 Å². The van der Waals surface area contributed by atoms with Crippen LogP contribution in [0, 0.1) is 0 Å². The second-order valence-corrected chi connectivity index (χ2v) is 3.13. The molecule has 1 aromatic rings. The second-order valence-electron chi connectivity index (χ2n) is 3.13. The van der Waals surface area contributed by atoms with Gasteiger partial charge in [0.25, 0.3) is 0 Å². The van der Waals surface area contributed by atoms with Gasteiger partial charge < -0.3 is 5.43 Å². The van der Waals surface area contributed by atoms with Gasteiger partial charge in [-0.25, -0.2) is 0 Å². The van der Waals surface area contributed by atoms with E-state index < -0.39 is 0 Å². The number of hydrazone groups is 1. The molecule has 1 N–H and O–H groups in total. The van der Waals surface area contributed by atoms with Crippen LogP contribution >= 0.6 is 0 Å². The third-order valence-corrected chi connectivity index (χ3v) is 2.24. The third kappa shape index (κ3) is 1.20. The van der Waals surface area contributed by atoms with E-state index in [2.05, 4.69) is 41.7 Å². The summed E-state index contributed by atoms with van der Waals surface area (Å²) < 4.78 is 0. The lowest BCUT2D eigenvalue weighted by Crippen LogP contribution is -2.21. The molecular weight excluding hydrogens is 148 g/mol. The molecule has 0 saturated heterocycles. The van der Waals surface area contributed by atoms with Crippen LogP contribution in [0.4, 0.5) is 0 Å². The van der Waals surface area contributed by atoms with E-state index in [0.29, 0.717) is 12.0 Å². The van der Waals surface area contributed by atoms with Gasteiger partial charge in [-0.1, -0.05) is 30.3 Å². The first-order valence-corrected chi connectivity index (χ1v) is 4.21. The number of benzene rings is 1. The number of hydrogen-bond donors (Lipinski definition) is 1. The van der Waals surface area contributed by atoms with E-state index in [1.165, 1.54) is 5.56 Å². The van der Waals surface area contributed by atoms with Gasteiger partial charge in [-0.2, -0.15) is 5.10 Å². The summed E-state index contributed by atoms with van der Waals surface area (Å²) in [7, 11) is 0. The predicted octanol–water partition coefficient (Wildman–Crippen LogP) is 1.75. The van der Waals surface area contributed by atoms with Gasteiger partial charge in [-0.3, -0.25) is 0 Å². The van der Waals surface area contributed by atoms with Crippen LogP contribution in [0.3, 0.4) is 0 Å². The number of nitrogens with zero attached hydrogens (tertiary/aromatic N) is 1. The molecule has 2 unspecified atom stereocenters. The molecule has 2 heteroatoms. The van der Waals surface area contributed by atoms with E-state index in [1.54, 1.807) is 0 Å². The number of nitrogens with one attached hydrogen (secondary N) is 1. The average molecular weight is 160 g/mol. The largest absolute Gasteiger partial charge is 0.307 e. The van der Waals surface area contributed by atoms with Crippen molar-refractivity contribution in [2.75, 3.05) is 0 Å². The Hall–Kier alpha value is -1.31. The zero-order valence-electron chi connectivity index (χ0n) is 7.07. The van der Waals surface area contributed by atoms with E-state index in [1.807, 2.05) is 12.3 Å². The molecule has 0 aromatic heterocycles. The van der Waals surface area contributed by atoms with Crippen molar-refractivity contribution in [2.45, 2.75) is 18.9 Å². The minimum absolute atomic E-state index is 0.424. The molecule has 0 bridgehead atoms. The van der Waals surface area contributed by atoms with Crippen molar-refractivity contribution in [3.05, 3.63) is 35.9 Å². The zero-order valence-corrected chi connectivity index (χ0v) is 7.07. The molecule has 0 saturated carbocycles. The summed E-state index contributed by atoms with van der Waals surface area (Å²) in [6, 6.07) is 10.9. The van der Waals surface area contributed by atoms with Crippen LogP contribution in [0.2, 0.25) is 0 Å². The maximum atomic E-state index is 4.05. The summed E-state index contributed by atoms with van der Waals surface area (Å²) in [4.78, 5) is 0. The van der Waals surface area contributed by atoms with Gasteiger partial charge in [0.1, 0.15) is 0 Å². The van der Waals surface area contributed by atoms with Gasteiger partial charge in [0.15, 0.2) is 0 Å². The molecular formula is C10H12N2. The quantitative estimate of drug-likeness (QED) is 0.665. The topological polar surface area (TPSA) is 24.4 Å². The summed E-state index contributed by atoms with van der Waals surface area (Å²) in [6.45, 7) is 2.14. The molecule has 0 aliphatic carbocycles. The first-order chi connectivity index (χ1) is 5.88. The number of hydrogen-bond acceptors (Lipinski definition) is 2. The Kier molecular flexibility index (Phi) is 1.82. The highest BCUT2D eigenvalue weighted by molar-refractivity contribution is 5.70. The van der Waals surface area contributed by atoms with Gasteiger partial charge >= 0.3 is 0 Å². The van der Waals surface area contributed by atoms with E-state index in [0.717, 1.165) is 0 Å². The minimum Gasteiger partial charge on any atom is -0.307 e. The van der Waals surface area contributed by atoms with Crippen LogP contribution in [0.1, 0.15) is 18.4 Å². The molecule has 0 spiro atoms. The minimum atomic E-state index is 0.424. The molecule has 1 aliphatic heterocycles. The molecule has 1 aliphatic rings. The van der Waals surface area contributed by atoms with Crippen LogP contribution in [-0.2, 0) is 0 Å². The highest BCUT2D eigenvalue weighted by Crippen LogP contribution is 2.20. The van der Waals surface area contributed by atoms with Gasteiger partial charge in [-0.15, -0.1) is 0 Å². The van der Waals surface area contributed by atoms with Crippen molar-refractivity contribution in [3.63, 3.8) is 0 Å². The summed E-state index contributed by atoms with van der Waals surface area (Å²) in [6.07, 6.45) is 1.97. The fraction of sp³-hybridized carbons (Fsp3) is 0.300. The second kappa shape index (κ2) is 2.97. The lowest BCUT2D eigenvalue weighted by molar-refractivity contribution is 0.590. The maximum Gasteiger partial charge on any atom is 0.0530 e. The van der Waals surface area contributed by atoms with Crippen molar-refractivity contribution in [1.29, 1.82) is 0 Å².